The topological polar surface area (TPSA) is 67.0 Å². The van der Waals surface area contributed by atoms with E-state index in [9.17, 15) is 4.79 Å². The molecule has 4 aromatic rings. The monoisotopic (exact) mass is 411 g/mol. The van der Waals surface area contributed by atoms with Crippen molar-refractivity contribution >= 4 is 45.8 Å². The van der Waals surface area contributed by atoms with E-state index in [-0.39, 0.29) is 5.91 Å². The summed E-state index contributed by atoms with van der Waals surface area (Å²) in [5.41, 5.74) is 3.57. The van der Waals surface area contributed by atoms with E-state index in [4.69, 9.17) is 27.9 Å². The van der Waals surface area contributed by atoms with Gasteiger partial charge in [-0.25, -0.2) is 4.98 Å². The van der Waals surface area contributed by atoms with E-state index in [1.165, 1.54) is 7.11 Å². The normalized spacial score (nSPS) is 10.8. The Morgan fingerprint density at radius 3 is 2.46 bits per heavy atom. The van der Waals surface area contributed by atoms with Crippen molar-refractivity contribution in [2.24, 2.45) is 0 Å². The van der Waals surface area contributed by atoms with Gasteiger partial charge in [-0.3, -0.25) is 4.79 Å². The molecule has 2 N–H and O–H groups in total. The molecule has 0 fully saturated rings. The van der Waals surface area contributed by atoms with E-state index >= 15 is 0 Å². The smallest absolute Gasteiger partial charge is 0.255 e. The van der Waals surface area contributed by atoms with Crippen molar-refractivity contribution in [3.8, 4) is 17.1 Å². The minimum absolute atomic E-state index is 0.261. The Bertz CT molecular complexity index is 1170. The van der Waals surface area contributed by atoms with Gasteiger partial charge in [0.25, 0.3) is 5.91 Å². The quantitative estimate of drug-likeness (QED) is 0.445. The number of amides is 1. The van der Waals surface area contributed by atoms with E-state index in [0.29, 0.717) is 32.9 Å². The van der Waals surface area contributed by atoms with Crippen LogP contribution in [-0.2, 0) is 0 Å². The molecule has 0 unspecified atom stereocenters. The third kappa shape index (κ3) is 3.67. The Balaban J connectivity index is 1.57. The maximum Gasteiger partial charge on any atom is 0.255 e. The lowest BCUT2D eigenvalue weighted by Gasteiger charge is -2.10. The molecule has 0 aliphatic rings. The van der Waals surface area contributed by atoms with Crippen molar-refractivity contribution < 1.29 is 9.53 Å². The van der Waals surface area contributed by atoms with Crippen molar-refractivity contribution in [1.29, 1.82) is 0 Å². The highest BCUT2D eigenvalue weighted by atomic mass is 35.5. The Morgan fingerprint density at radius 2 is 1.71 bits per heavy atom. The number of benzene rings is 3. The summed E-state index contributed by atoms with van der Waals surface area (Å²) in [6.45, 7) is 0. The van der Waals surface area contributed by atoms with Crippen LogP contribution >= 0.6 is 23.2 Å². The highest BCUT2D eigenvalue weighted by Crippen LogP contribution is 2.28. The van der Waals surface area contributed by atoms with Gasteiger partial charge in [0.1, 0.15) is 11.6 Å². The third-order valence-corrected chi connectivity index (χ3v) is 4.74. The van der Waals surface area contributed by atoms with Gasteiger partial charge in [0.05, 0.1) is 23.8 Å². The molecule has 0 bridgehead atoms. The zero-order chi connectivity index (χ0) is 19.7. The Kier molecular flexibility index (Phi) is 4.94. The fourth-order valence-corrected chi connectivity index (χ4v) is 3.21. The number of methoxy groups -OCH3 is 1. The number of halogens is 2. The number of imidazole rings is 1. The summed E-state index contributed by atoms with van der Waals surface area (Å²) in [7, 11) is 1.54. The van der Waals surface area contributed by atoms with E-state index in [1.807, 2.05) is 24.3 Å². The van der Waals surface area contributed by atoms with Gasteiger partial charge in [-0.15, -0.1) is 0 Å². The average Bonchev–Trinajstić information content (AvgIpc) is 3.11. The third-order valence-electron chi connectivity index (χ3n) is 4.27. The van der Waals surface area contributed by atoms with Gasteiger partial charge < -0.3 is 15.0 Å². The highest BCUT2D eigenvalue weighted by molar-refractivity contribution is 6.31. The number of ether oxygens (including phenoxy) is 1. The van der Waals surface area contributed by atoms with Gasteiger partial charge in [-0.1, -0.05) is 35.3 Å². The summed E-state index contributed by atoms with van der Waals surface area (Å²) in [6, 6.07) is 17.7. The molecular formula is C21H15Cl2N3O2. The van der Waals surface area contributed by atoms with Gasteiger partial charge in [0, 0.05) is 21.2 Å². The van der Waals surface area contributed by atoms with Crippen LogP contribution in [0.1, 0.15) is 10.4 Å². The molecule has 1 amide bonds. The molecule has 0 aliphatic heterocycles. The number of nitrogens with one attached hydrogen (secondary N) is 2. The molecule has 140 valence electrons. The summed E-state index contributed by atoms with van der Waals surface area (Å²) in [5, 5.41) is 3.97. The molecule has 0 saturated carbocycles. The number of hydrogen-bond acceptors (Lipinski definition) is 3. The Labute approximate surface area is 171 Å². The number of carbonyl (C=O) groups excluding carboxylic acids is 1. The summed E-state index contributed by atoms with van der Waals surface area (Å²) in [6.07, 6.45) is 0. The summed E-state index contributed by atoms with van der Waals surface area (Å²) in [4.78, 5) is 20.4. The Hall–Kier alpha value is -3.02. The number of anilines is 1. The van der Waals surface area contributed by atoms with Gasteiger partial charge in [-0.2, -0.15) is 0 Å². The number of hydrogen-bond donors (Lipinski definition) is 2. The molecule has 1 heterocycles. The van der Waals surface area contributed by atoms with Gasteiger partial charge in [0.2, 0.25) is 0 Å². The predicted molar refractivity (Wildman–Crippen MR) is 112 cm³/mol. The lowest BCUT2D eigenvalue weighted by Crippen LogP contribution is -2.12. The molecule has 5 nitrogen and oxygen atoms in total. The minimum Gasteiger partial charge on any atom is -0.495 e. The molecule has 0 saturated heterocycles. The van der Waals surface area contributed by atoms with Crippen molar-refractivity contribution in [1.82, 2.24) is 9.97 Å². The number of aromatic amines is 1. The first kappa shape index (κ1) is 18.3. The molecule has 28 heavy (non-hydrogen) atoms. The van der Waals surface area contributed by atoms with E-state index in [2.05, 4.69) is 15.3 Å². The second kappa shape index (κ2) is 7.54. The number of aromatic nitrogens is 2. The molecule has 1 aromatic heterocycles. The maximum absolute atomic E-state index is 12.6. The summed E-state index contributed by atoms with van der Waals surface area (Å²) < 4.78 is 5.26. The van der Waals surface area contributed by atoms with Crippen LogP contribution in [0.25, 0.3) is 22.4 Å². The fourth-order valence-electron chi connectivity index (χ4n) is 2.87. The largest absolute Gasteiger partial charge is 0.495 e. The van der Waals surface area contributed by atoms with E-state index in [0.717, 1.165) is 16.6 Å². The number of H-pyrrole nitrogens is 1. The minimum atomic E-state index is -0.261. The number of fused-ring (bicyclic) bond motifs is 1. The lowest BCUT2D eigenvalue weighted by molar-refractivity contribution is 0.102. The number of nitrogens with zero attached hydrogens (tertiary/aromatic N) is 1. The molecule has 3 aromatic carbocycles. The zero-order valence-electron chi connectivity index (χ0n) is 14.8. The standard InChI is InChI=1S/C21H15Cl2N3O2/c1-28-19-9-7-15(23)11-18(19)26-21(27)13-4-2-12(3-5-13)20-24-16-8-6-14(22)10-17(16)25-20/h2-11H,1H3,(H,24,25)(H,26,27). The summed E-state index contributed by atoms with van der Waals surface area (Å²) in [5.74, 6) is 0.986. The molecule has 0 atom stereocenters. The van der Waals surface area contributed by atoms with Crippen LogP contribution in [0.5, 0.6) is 5.75 Å². The number of carbonyl (C=O) groups is 1. The fraction of sp³-hybridized carbons (Fsp3) is 0.0476. The van der Waals surface area contributed by atoms with Crippen molar-refractivity contribution in [3.63, 3.8) is 0 Å². The molecule has 0 spiro atoms. The first-order valence-electron chi connectivity index (χ1n) is 8.44. The van der Waals surface area contributed by atoms with Crippen molar-refractivity contribution in [2.75, 3.05) is 12.4 Å². The van der Waals surface area contributed by atoms with Crippen molar-refractivity contribution in [3.05, 3.63) is 76.3 Å². The highest BCUT2D eigenvalue weighted by Gasteiger charge is 2.12. The second-order valence-electron chi connectivity index (χ2n) is 6.12. The molecule has 0 aliphatic carbocycles. The SMILES string of the molecule is COc1ccc(Cl)cc1NC(=O)c1ccc(-c2nc3ccc(Cl)cc3[nH]2)cc1. The maximum atomic E-state index is 12.6. The van der Waals surface area contributed by atoms with Crippen LogP contribution in [-0.4, -0.2) is 23.0 Å². The predicted octanol–water partition coefficient (Wildman–Crippen LogP) is 5.80. The first-order valence-corrected chi connectivity index (χ1v) is 9.20. The van der Waals surface area contributed by atoms with Gasteiger partial charge >= 0.3 is 0 Å². The first-order chi connectivity index (χ1) is 13.5. The summed E-state index contributed by atoms with van der Waals surface area (Å²) >= 11 is 12.0. The van der Waals surface area contributed by atoms with Crippen LogP contribution in [0, 0.1) is 0 Å². The van der Waals surface area contributed by atoms with E-state index < -0.39 is 0 Å². The lowest BCUT2D eigenvalue weighted by atomic mass is 10.1. The number of rotatable bonds is 4. The average molecular weight is 412 g/mol. The Morgan fingerprint density at radius 1 is 1.00 bits per heavy atom. The van der Waals surface area contributed by atoms with E-state index in [1.54, 1.807) is 36.4 Å². The second-order valence-corrected chi connectivity index (χ2v) is 7.00. The van der Waals surface area contributed by atoms with Crippen LogP contribution in [0.3, 0.4) is 0 Å². The van der Waals surface area contributed by atoms with Crippen molar-refractivity contribution in [2.45, 2.75) is 0 Å². The molecule has 4 rings (SSSR count). The molecule has 0 radical (unpaired) electrons. The van der Waals surface area contributed by atoms with Gasteiger partial charge in [-0.05, 0) is 48.5 Å². The van der Waals surface area contributed by atoms with Crippen LogP contribution in [0.2, 0.25) is 10.0 Å². The zero-order valence-corrected chi connectivity index (χ0v) is 16.3. The molecular weight excluding hydrogens is 397 g/mol. The van der Waals surface area contributed by atoms with Crippen LogP contribution in [0.4, 0.5) is 5.69 Å². The van der Waals surface area contributed by atoms with Gasteiger partial charge in [0.15, 0.2) is 0 Å². The van der Waals surface area contributed by atoms with Crippen LogP contribution < -0.4 is 10.1 Å². The molecule has 7 heteroatoms. The van der Waals surface area contributed by atoms with Crippen LogP contribution in [0.15, 0.2) is 60.7 Å².